The highest BCUT2D eigenvalue weighted by molar-refractivity contribution is 5.09. The Bertz CT molecular complexity index is 541. The Labute approximate surface area is 113 Å². The Balaban J connectivity index is 1.94. The average molecular weight is 283 g/mol. The molecule has 2 rings (SSSR count). The number of rotatable bonds is 4. The maximum atomic E-state index is 12.3. The van der Waals surface area contributed by atoms with Gasteiger partial charge in [0.15, 0.2) is 5.69 Å². The lowest BCUT2D eigenvalue weighted by Crippen LogP contribution is -2.21. The lowest BCUT2D eigenvalue weighted by molar-refractivity contribution is -0.141. The standard InChI is InChI=1S/C12H12F3N5/c1-8(11-16-5-2-6-17-11)18-7-9-3-4-10(20-19-9)12(13,14)15/h2-6,8,18H,7H2,1H3/t8-/m1/s1. The fourth-order valence-electron chi connectivity index (χ4n) is 1.49. The van der Waals surface area contributed by atoms with Crippen LogP contribution in [0.25, 0.3) is 0 Å². The van der Waals surface area contributed by atoms with Gasteiger partial charge in [0.1, 0.15) is 5.82 Å². The molecule has 0 aliphatic rings. The summed E-state index contributed by atoms with van der Waals surface area (Å²) in [7, 11) is 0. The summed E-state index contributed by atoms with van der Waals surface area (Å²) in [4.78, 5) is 8.16. The van der Waals surface area contributed by atoms with Crippen LogP contribution >= 0.6 is 0 Å². The first-order valence-corrected chi connectivity index (χ1v) is 5.87. The van der Waals surface area contributed by atoms with E-state index in [-0.39, 0.29) is 12.6 Å². The van der Waals surface area contributed by atoms with Gasteiger partial charge in [-0.1, -0.05) is 0 Å². The molecule has 0 radical (unpaired) electrons. The van der Waals surface area contributed by atoms with Crippen molar-refractivity contribution in [1.29, 1.82) is 0 Å². The van der Waals surface area contributed by atoms with Crippen molar-refractivity contribution in [3.05, 3.63) is 47.8 Å². The average Bonchev–Trinajstić information content (AvgIpc) is 2.45. The van der Waals surface area contributed by atoms with Gasteiger partial charge in [-0.3, -0.25) is 0 Å². The molecule has 5 nitrogen and oxygen atoms in total. The predicted octanol–water partition coefficient (Wildman–Crippen LogP) is 2.14. The number of halogens is 3. The van der Waals surface area contributed by atoms with E-state index in [0.717, 1.165) is 6.07 Å². The van der Waals surface area contributed by atoms with E-state index in [1.165, 1.54) is 6.07 Å². The highest BCUT2D eigenvalue weighted by Gasteiger charge is 2.32. The van der Waals surface area contributed by atoms with Crippen LogP contribution in [0.5, 0.6) is 0 Å². The topological polar surface area (TPSA) is 63.6 Å². The first kappa shape index (κ1) is 14.3. The van der Waals surface area contributed by atoms with Gasteiger partial charge in [0.05, 0.1) is 11.7 Å². The van der Waals surface area contributed by atoms with Gasteiger partial charge >= 0.3 is 6.18 Å². The van der Waals surface area contributed by atoms with E-state index < -0.39 is 11.9 Å². The maximum absolute atomic E-state index is 12.3. The van der Waals surface area contributed by atoms with Crippen LogP contribution in [-0.4, -0.2) is 20.2 Å². The fourth-order valence-corrected chi connectivity index (χ4v) is 1.49. The van der Waals surface area contributed by atoms with Gasteiger partial charge in [0.2, 0.25) is 0 Å². The molecular formula is C12H12F3N5. The Morgan fingerprint density at radius 2 is 1.85 bits per heavy atom. The number of hydrogen-bond acceptors (Lipinski definition) is 5. The molecule has 0 spiro atoms. The van der Waals surface area contributed by atoms with Crippen molar-refractivity contribution in [2.24, 2.45) is 0 Å². The van der Waals surface area contributed by atoms with Crippen molar-refractivity contribution < 1.29 is 13.2 Å². The summed E-state index contributed by atoms with van der Waals surface area (Å²) < 4.78 is 37.0. The van der Waals surface area contributed by atoms with Gasteiger partial charge in [-0.15, -0.1) is 5.10 Å². The highest BCUT2D eigenvalue weighted by atomic mass is 19.4. The fraction of sp³-hybridized carbons (Fsp3) is 0.333. The largest absolute Gasteiger partial charge is 0.435 e. The first-order chi connectivity index (χ1) is 9.47. The van der Waals surface area contributed by atoms with Crippen LogP contribution in [0.15, 0.2) is 30.6 Å². The Kier molecular flexibility index (Phi) is 4.23. The number of alkyl halides is 3. The first-order valence-electron chi connectivity index (χ1n) is 5.87. The molecule has 0 amide bonds. The normalized spacial score (nSPS) is 13.2. The summed E-state index contributed by atoms with van der Waals surface area (Å²) in [5.74, 6) is 0.604. The summed E-state index contributed by atoms with van der Waals surface area (Å²) in [5, 5.41) is 9.76. The molecule has 0 fully saturated rings. The zero-order valence-corrected chi connectivity index (χ0v) is 10.6. The molecule has 2 aromatic heterocycles. The zero-order valence-electron chi connectivity index (χ0n) is 10.6. The molecule has 8 heteroatoms. The molecule has 20 heavy (non-hydrogen) atoms. The minimum absolute atomic E-state index is 0.139. The van der Waals surface area contributed by atoms with Gasteiger partial charge < -0.3 is 5.32 Å². The van der Waals surface area contributed by atoms with Gasteiger partial charge in [-0.25, -0.2) is 9.97 Å². The van der Waals surface area contributed by atoms with Crippen LogP contribution < -0.4 is 5.32 Å². The van der Waals surface area contributed by atoms with E-state index >= 15 is 0 Å². The molecule has 106 valence electrons. The summed E-state index contributed by atoms with van der Waals surface area (Å²) in [6.07, 6.45) is -1.22. The van der Waals surface area contributed by atoms with E-state index in [1.54, 1.807) is 18.5 Å². The molecule has 0 saturated heterocycles. The smallest absolute Gasteiger partial charge is 0.302 e. The minimum Gasteiger partial charge on any atom is -0.302 e. The second-order valence-electron chi connectivity index (χ2n) is 4.12. The molecule has 0 bridgehead atoms. The highest BCUT2D eigenvalue weighted by Crippen LogP contribution is 2.26. The summed E-state index contributed by atoms with van der Waals surface area (Å²) in [6, 6.07) is 3.77. The maximum Gasteiger partial charge on any atom is 0.435 e. The van der Waals surface area contributed by atoms with Crippen molar-refractivity contribution in [2.45, 2.75) is 25.7 Å². The SMILES string of the molecule is C[C@@H](NCc1ccc(C(F)(F)F)nn1)c1ncccn1. The van der Waals surface area contributed by atoms with Crippen LogP contribution in [0.4, 0.5) is 13.2 Å². The van der Waals surface area contributed by atoms with Crippen molar-refractivity contribution in [1.82, 2.24) is 25.5 Å². The molecule has 2 heterocycles. The summed E-state index contributed by atoms with van der Waals surface area (Å²) in [6.45, 7) is 2.14. The lowest BCUT2D eigenvalue weighted by atomic mass is 10.3. The predicted molar refractivity (Wildman–Crippen MR) is 64.3 cm³/mol. The third kappa shape index (κ3) is 3.70. The molecule has 1 N–H and O–H groups in total. The monoisotopic (exact) mass is 283 g/mol. The summed E-state index contributed by atoms with van der Waals surface area (Å²) in [5.41, 5.74) is -0.582. The molecule has 1 atom stereocenters. The minimum atomic E-state index is -4.47. The second-order valence-corrected chi connectivity index (χ2v) is 4.12. The van der Waals surface area contributed by atoms with Crippen LogP contribution in [0.3, 0.4) is 0 Å². The van der Waals surface area contributed by atoms with Gasteiger partial charge in [-0.05, 0) is 25.1 Å². The number of nitrogens with zero attached hydrogens (tertiary/aromatic N) is 4. The van der Waals surface area contributed by atoms with Gasteiger partial charge in [0, 0.05) is 18.9 Å². The number of aromatic nitrogens is 4. The third-order valence-electron chi connectivity index (χ3n) is 2.57. The van der Waals surface area contributed by atoms with E-state index in [1.807, 2.05) is 6.92 Å². The van der Waals surface area contributed by atoms with E-state index in [0.29, 0.717) is 11.5 Å². The number of hydrogen-bond donors (Lipinski definition) is 1. The third-order valence-corrected chi connectivity index (χ3v) is 2.57. The second kappa shape index (κ2) is 5.91. The van der Waals surface area contributed by atoms with Crippen LogP contribution in [0.1, 0.15) is 30.2 Å². The zero-order chi connectivity index (χ0) is 14.6. The Morgan fingerprint density at radius 3 is 2.40 bits per heavy atom. The molecule has 0 aromatic carbocycles. The summed E-state index contributed by atoms with van der Waals surface area (Å²) >= 11 is 0. The number of nitrogens with one attached hydrogen (secondary N) is 1. The van der Waals surface area contributed by atoms with Crippen molar-refractivity contribution in [3.8, 4) is 0 Å². The van der Waals surface area contributed by atoms with Crippen LogP contribution in [-0.2, 0) is 12.7 Å². The van der Waals surface area contributed by atoms with Crippen molar-refractivity contribution >= 4 is 0 Å². The molecular weight excluding hydrogens is 271 g/mol. The lowest BCUT2D eigenvalue weighted by Gasteiger charge is -2.11. The molecule has 0 unspecified atom stereocenters. The molecule has 2 aromatic rings. The molecule has 0 aliphatic heterocycles. The Hall–Kier alpha value is -2.09. The Morgan fingerprint density at radius 1 is 1.15 bits per heavy atom. The molecule has 0 saturated carbocycles. The molecule has 0 aliphatic carbocycles. The van der Waals surface area contributed by atoms with Gasteiger partial charge in [0.25, 0.3) is 0 Å². The van der Waals surface area contributed by atoms with Gasteiger partial charge in [-0.2, -0.15) is 18.3 Å². The van der Waals surface area contributed by atoms with E-state index in [9.17, 15) is 13.2 Å². The van der Waals surface area contributed by atoms with Crippen LogP contribution in [0, 0.1) is 0 Å². The van der Waals surface area contributed by atoms with Crippen molar-refractivity contribution in [3.63, 3.8) is 0 Å². The van der Waals surface area contributed by atoms with E-state index in [4.69, 9.17) is 0 Å². The van der Waals surface area contributed by atoms with Crippen molar-refractivity contribution in [2.75, 3.05) is 0 Å². The van der Waals surface area contributed by atoms with E-state index in [2.05, 4.69) is 25.5 Å². The quantitative estimate of drug-likeness (QED) is 0.931. The van der Waals surface area contributed by atoms with Crippen LogP contribution in [0.2, 0.25) is 0 Å².